The number of benzene rings is 2. The molecule has 0 aliphatic carbocycles. The third-order valence-corrected chi connectivity index (χ3v) is 6.18. The van der Waals surface area contributed by atoms with Crippen LogP contribution in [-0.4, -0.2) is 26.3 Å². The third kappa shape index (κ3) is 3.98. The van der Waals surface area contributed by atoms with Crippen LogP contribution in [0, 0.1) is 0 Å². The monoisotopic (exact) mass is 491 g/mol. The highest BCUT2D eigenvalue weighted by Gasteiger charge is 2.43. The van der Waals surface area contributed by atoms with Gasteiger partial charge >= 0.3 is 5.97 Å². The van der Waals surface area contributed by atoms with Crippen LogP contribution >= 0.6 is 23.8 Å². The lowest BCUT2D eigenvalue weighted by Gasteiger charge is -2.26. The predicted molar refractivity (Wildman–Crippen MR) is 132 cm³/mol. The maximum atomic E-state index is 11.2. The maximum Gasteiger partial charge on any atom is 0.335 e. The number of phenols is 1. The van der Waals surface area contributed by atoms with Crippen LogP contribution in [0.2, 0.25) is 5.02 Å². The average Bonchev–Trinajstić information content (AvgIpc) is 3.46. The van der Waals surface area contributed by atoms with E-state index in [0.717, 1.165) is 11.3 Å². The Balaban J connectivity index is 1.59. The Labute approximate surface area is 205 Å². The van der Waals surface area contributed by atoms with Gasteiger partial charge in [-0.3, -0.25) is 4.98 Å². The molecular weight excluding hydrogens is 474 g/mol. The molecule has 0 bridgehead atoms. The topological polar surface area (TPSA) is 98.8 Å². The van der Waals surface area contributed by atoms with Crippen LogP contribution in [0.3, 0.4) is 0 Å². The van der Waals surface area contributed by atoms with Crippen LogP contribution in [0.15, 0.2) is 83.4 Å². The molecule has 1 aliphatic heterocycles. The Bertz CT molecular complexity index is 1370. The van der Waals surface area contributed by atoms with E-state index in [-0.39, 0.29) is 17.4 Å². The number of carboxylic acids is 1. The highest BCUT2D eigenvalue weighted by molar-refractivity contribution is 7.80. The quantitative estimate of drug-likeness (QED) is 0.311. The molecule has 3 N–H and O–H groups in total. The Morgan fingerprint density at radius 3 is 2.59 bits per heavy atom. The fraction of sp³-hybridized carbons (Fsp3) is 0.0800. The zero-order chi connectivity index (χ0) is 23.8. The summed E-state index contributed by atoms with van der Waals surface area (Å²) < 4.78 is 6.24. The van der Waals surface area contributed by atoms with Gasteiger partial charge in [-0.15, -0.1) is 0 Å². The molecule has 5 rings (SSSR count). The van der Waals surface area contributed by atoms with Gasteiger partial charge in [0.2, 0.25) is 0 Å². The second-order valence-electron chi connectivity index (χ2n) is 7.71. The van der Waals surface area contributed by atoms with E-state index in [1.54, 1.807) is 35.4 Å². The molecule has 0 unspecified atom stereocenters. The van der Waals surface area contributed by atoms with Gasteiger partial charge in [-0.25, -0.2) is 4.79 Å². The van der Waals surface area contributed by atoms with Gasteiger partial charge in [-0.2, -0.15) is 0 Å². The van der Waals surface area contributed by atoms with Crippen molar-refractivity contribution >= 4 is 40.6 Å². The summed E-state index contributed by atoms with van der Waals surface area (Å²) in [5.41, 5.74) is 2.12. The van der Waals surface area contributed by atoms with Crippen molar-refractivity contribution in [1.29, 1.82) is 0 Å². The highest BCUT2D eigenvalue weighted by Crippen LogP contribution is 2.45. The average molecular weight is 492 g/mol. The number of aromatic carboxylic acids is 1. The fourth-order valence-electron chi connectivity index (χ4n) is 4.04. The maximum absolute atomic E-state index is 11.2. The number of carboxylic acid groups (broad SMARTS) is 1. The Kier molecular flexibility index (Phi) is 5.69. The number of halogens is 1. The first-order valence-electron chi connectivity index (χ1n) is 10.3. The minimum atomic E-state index is -0.993. The van der Waals surface area contributed by atoms with Crippen molar-refractivity contribution in [2.24, 2.45) is 0 Å². The van der Waals surface area contributed by atoms with E-state index >= 15 is 0 Å². The number of aromatic hydroxyl groups is 1. The zero-order valence-electron chi connectivity index (χ0n) is 17.6. The number of phenolic OH excluding ortho intramolecular Hbond substituents is 1. The molecule has 1 aliphatic rings. The smallest absolute Gasteiger partial charge is 0.335 e. The molecule has 0 saturated carbocycles. The van der Waals surface area contributed by atoms with Gasteiger partial charge in [-0.1, -0.05) is 29.8 Å². The van der Waals surface area contributed by atoms with E-state index in [1.165, 1.54) is 18.2 Å². The number of anilines is 1. The molecule has 2 atom stereocenters. The third-order valence-electron chi connectivity index (χ3n) is 5.63. The van der Waals surface area contributed by atoms with Crippen LogP contribution in [-0.2, 0) is 0 Å². The molecule has 7 nitrogen and oxygen atoms in total. The van der Waals surface area contributed by atoms with Gasteiger partial charge < -0.3 is 24.8 Å². The summed E-state index contributed by atoms with van der Waals surface area (Å²) in [4.78, 5) is 17.4. The number of furan rings is 1. The molecule has 3 heterocycles. The molecule has 0 radical (unpaired) electrons. The molecule has 0 amide bonds. The van der Waals surface area contributed by atoms with E-state index in [9.17, 15) is 9.90 Å². The lowest BCUT2D eigenvalue weighted by atomic mass is 10.0. The zero-order valence-corrected chi connectivity index (χ0v) is 19.1. The number of carbonyl (C=O) groups is 1. The molecule has 34 heavy (non-hydrogen) atoms. The number of pyridine rings is 1. The van der Waals surface area contributed by atoms with Gasteiger partial charge in [0.1, 0.15) is 23.3 Å². The highest BCUT2D eigenvalue weighted by atomic mass is 35.5. The summed E-state index contributed by atoms with van der Waals surface area (Å²) in [5, 5.41) is 23.9. The van der Waals surface area contributed by atoms with E-state index in [1.807, 2.05) is 30.3 Å². The van der Waals surface area contributed by atoms with Crippen LogP contribution in [0.4, 0.5) is 5.69 Å². The molecule has 4 aromatic rings. The first-order valence-corrected chi connectivity index (χ1v) is 11.1. The molecular formula is C25H18ClN3O4S. The lowest BCUT2D eigenvalue weighted by molar-refractivity contribution is 0.0697. The summed E-state index contributed by atoms with van der Waals surface area (Å²) in [7, 11) is 0. The molecule has 1 saturated heterocycles. The van der Waals surface area contributed by atoms with Gasteiger partial charge in [0.25, 0.3) is 0 Å². The largest absolute Gasteiger partial charge is 0.506 e. The van der Waals surface area contributed by atoms with E-state index in [2.05, 4.69) is 10.3 Å². The number of aromatic nitrogens is 1. The number of hydrogen-bond acceptors (Lipinski definition) is 5. The number of thiocarbonyl (C=S) groups is 1. The van der Waals surface area contributed by atoms with Crippen molar-refractivity contribution in [3.63, 3.8) is 0 Å². The number of nitrogens with zero attached hydrogens (tertiary/aromatic N) is 2. The Hall–Kier alpha value is -3.88. The molecule has 1 fully saturated rings. The minimum Gasteiger partial charge on any atom is -0.506 e. The van der Waals surface area contributed by atoms with E-state index in [4.69, 9.17) is 33.3 Å². The van der Waals surface area contributed by atoms with Gasteiger partial charge in [0.05, 0.1) is 23.0 Å². The van der Waals surface area contributed by atoms with Crippen LogP contribution in [0.5, 0.6) is 5.75 Å². The molecule has 2 aromatic heterocycles. The Morgan fingerprint density at radius 1 is 1.09 bits per heavy atom. The van der Waals surface area contributed by atoms with Crippen LogP contribution < -0.4 is 10.2 Å². The van der Waals surface area contributed by atoms with Crippen LogP contribution in [0.1, 0.15) is 33.9 Å². The summed E-state index contributed by atoms with van der Waals surface area (Å²) in [6, 6.07) is 19.6. The normalized spacial score (nSPS) is 17.6. The summed E-state index contributed by atoms with van der Waals surface area (Å²) >= 11 is 11.9. The van der Waals surface area contributed by atoms with Crippen LogP contribution in [0.25, 0.3) is 11.3 Å². The van der Waals surface area contributed by atoms with Crippen molar-refractivity contribution in [1.82, 2.24) is 10.3 Å². The number of rotatable bonds is 5. The summed E-state index contributed by atoms with van der Waals surface area (Å²) in [6.07, 6.45) is 1.70. The van der Waals surface area contributed by atoms with Crippen molar-refractivity contribution in [3.8, 4) is 17.1 Å². The SMILES string of the molecule is O=C(O)c1ccc(-c2ccc([C@H]3[C@@H](c4ccccn4)NC(=S)N3c3cc(Cl)ccc3O)o2)cc1. The first kappa shape index (κ1) is 21.9. The first-order chi connectivity index (χ1) is 16.4. The number of nitrogens with one attached hydrogen (secondary N) is 1. The van der Waals surface area contributed by atoms with Crippen molar-refractivity contribution in [2.45, 2.75) is 12.1 Å². The molecule has 9 heteroatoms. The van der Waals surface area contributed by atoms with Gasteiger partial charge in [0.15, 0.2) is 5.11 Å². The standard InChI is InChI=1S/C25H18ClN3O4S/c26-16-8-9-19(30)18(13-16)29-23(22(28-25(29)34)17-3-1-2-12-27-17)21-11-10-20(33-21)14-4-6-15(7-5-14)24(31)32/h1-13,22-23,30H,(H,28,34)(H,31,32)/t22-,23+/m1/s1. The lowest BCUT2D eigenvalue weighted by Crippen LogP contribution is -2.29. The Morgan fingerprint density at radius 2 is 1.88 bits per heavy atom. The van der Waals surface area contributed by atoms with Crippen molar-refractivity contribution < 1.29 is 19.4 Å². The van der Waals surface area contributed by atoms with E-state index < -0.39 is 12.0 Å². The minimum absolute atomic E-state index is 0.0243. The summed E-state index contributed by atoms with van der Waals surface area (Å²) in [5.74, 6) is 0.183. The second-order valence-corrected chi connectivity index (χ2v) is 8.54. The van der Waals surface area contributed by atoms with E-state index in [0.29, 0.717) is 27.3 Å². The molecule has 0 spiro atoms. The number of hydrogen-bond donors (Lipinski definition) is 3. The summed E-state index contributed by atoms with van der Waals surface area (Å²) in [6.45, 7) is 0. The van der Waals surface area contributed by atoms with Crippen molar-refractivity contribution in [2.75, 3.05) is 4.90 Å². The van der Waals surface area contributed by atoms with Gasteiger partial charge in [0, 0.05) is 16.8 Å². The van der Waals surface area contributed by atoms with Gasteiger partial charge in [-0.05, 0) is 66.8 Å². The second kappa shape index (κ2) is 8.81. The predicted octanol–water partition coefficient (Wildman–Crippen LogP) is 5.58. The van der Waals surface area contributed by atoms with Crippen molar-refractivity contribution in [3.05, 3.63) is 101 Å². The fourth-order valence-corrected chi connectivity index (χ4v) is 4.54. The molecule has 2 aromatic carbocycles. The molecule has 170 valence electrons.